The minimum Gasteiger partial charge on any atom is -0.486 e. The zero-order valence-electron chi connectivity index (χ0n) is 15.8. The molecular formula is C20H22FNO6S. The van der Waals surface area contributed by atoms with Crippen LogP contribution in [0.4, 0.5) is 4.39 Å². The molecule has 2 aromatic carbocycles. The summed E-state index contributed by atoms with van der Waals surface area (Å²) in [6, 6.07) is 11.6. The van der Waals surface area contributed by atoms with Crippen LogP contribution in [-0.4, -0.2) is 38.2 Å². The summed E-state index contributed by atoms with van der Waals surface area (Å²) in [6.07, 6.45) is 0.228. The summed E-state index contributed by atoms with van der Waals surface area (Å²) in [5.74, 6) is -1.19. The fourth-order valence-electron chi connectivity index (χ4n) is 3.11. The van der Waals surface area contributed by atoms with Gasteiger partial charge in [0.25, 0.3) is 0 Å². The van der Waals surface area contributed by atoms with Gasteiger partial charge in [0.1, 0.15) is 17.7 Å². The van der Waals surface area contributed by atoms with E-state index in [0.29, 0.717) is 18.8 Å². The van der Waals surface area contributed by atoms with Crippen molar-refractivity contribution in [2.24, 2.45) is 0 Å². The molecule has 0 spiro atoms. The smallest absolute Gasteiger partial charge is 0.327 e. The number of carboxylic acids is 1. The van der Waals surface area contributed by atoms with E-state index in [1.165, 1.54) is 36.4 Å². The van der Waals surface area contributed by atoms with Crippen molar-refractivity contribution in [2.75, 3.05) is 13.2 Å². The van der Waals surface area contributed by atoms with Crippen LogP contribution in [0.15, 0.2) is 53.4 Å². The largest absolute Gasteiger partial charge is 0.486 e. The van der Waals surface area contributed by atoms with Crippen molar-refractivity contribution in [3.8, 4) is 5.75 Å². The average molecular weight is 423 g/mol. The lowest BCUT2D eigenvalue weighted by molar-refractivity contribution is -0.149. The topological polar surface area (TPSA) is 102 Å². The van der Waals surface area contributed by atoms with Gasteiger partial charge in [-0.25, -0.2) is 12.8 Å². The van der Waals surface area contributed by atoms with Gasteiger partial charge in [-0.2, -0.15) is 4.72 Å². The Bertz CT molecular complexity index is 953. The van der Waals surface area contributed by atoms with E-state index in [-0.39, 0.29) is 29.8 Å². The van der Waals surface area contributed by atoms with Crippen LogP contribution in [0.3, 0.4) is 0 Å². The van der Waals surface area contributed by atoms with E-state index >= 15 is 0 Å². The van der Waals surface area contributed by atoms with Gasteiger partial charge in [0.15, 0.2) is 5.54 Å². The van der Waals surface area contributed by atoms with E-state index in [1.54, 1.807) is 19.1 Å². The third-order valence-electron chi connectivity index (χ3n) is 4.77. The molecule has 1 fully saturated rings. The first-order valence-corrected chi connectivity index (χ1v) is 10.6. The summed E-state index contributed by atoms with van der Waals surface area (Å²) < 4.78 is 51.7. The quantitative estimate of drug-likeness (QED) is 0.710. The first-order valence-electron chi connectivity index (χ1n) is 9.09. The summed E-state index contributed by atoms with van der Waals surface area (Å²) >= 11 is 0. The molecule has 2 aromatic rings. The highest BCUT2D eigenvalue weighted by atomic mass is 32.2. The predicted octanol–water partition coefficient (Wildman–Crippen LogP) is 2.88. The maximum absolute atomic E-state index is 13.0. The zero-order valence-corrected chi connectivity index (χ0v) is 16.6. The van der Waals surface area contributed by atoms with Crippen LogP contribution >= 0.6 is 0 Å². The summed E-state index contributed by atoms with van der Waals surface area (Å²) in [5.41, 5.74) is -0.908. The van der Waals surface area contributed by atoms with E-state index in [9.17, 15) is 22.7 Å². The molecule has 0 radical (unpaired) electrons. The molecule has 1 saturated heterocycles. The highest BCUT2D eigenvalue weighted by Gasteiger charge is 2.44. The number of hydrogen-bond acceptors (Lipinski definition) is 5. The number of aliphatic carboxylic acids is 1. The van der Waals surface area contributed by atoms with Gasteiger partial charge >= 0.3 is 5.97 Å². The van der Waals surface area contributed by atoms with Gasteiger partial charge in [0.2, 0.25) is 10.0 Å². The van der Waals surface area contributed by atoms with Gasteiger partial charge in [-0.1, -0.05) is 12.1 Å². The van der Waals surface area contributed by atoms with E-state index < -0.39 is 21.5 Å². The number of carboxylic acid groups (broad SMARTS) is 1. The Kier molecular flexibility index (Phi) is 6.21. The molecule has 1 aliphatic rings. The monoisotopic (exact) mass is 423 g/mol. The molecule has 1 aliphatic heterocycles. The number of hydrogen-bond donors (Lipinski definition) is 2. The van der Waals surface area contributed by atoms with Crippen LogP contribution in [-0.2, 0) is 19.6 Å². The lowest BCUT2D eigenvalue weighted by Gasteiger charge is -2.33. The Morgan fingerprint density at radius 1 is 1.21 bits per heavy atom. The summed E-state index contributed by atoms with van der Waals surface area (Å²) in [5, 5.41) is 9.52. The van der Waals surface area contributed by atoms with Crippen molar-refractivity contribution in [1.82, 2.24) is 4.72 Å². The first-order chi connectivity index (χ1) is 13.7. The Morgan fingerprint density at radius 3 is 2.41 bits per heavy atom. The van der Waals surface area contributed by atoms with Gasteiger partial charge in [0.05, 0.1) is 11.5 Å². The Hall–Kier alpha value is -2.49. The second-order valence-electron chi connectivity index (χ2n) is 6.93. The van der Waals surface area contributed by atoms with Crippen LogP contribution < -0.4 is 9.46 Å². The molecule has 2 N–H and O–H groups in total. The lowest BCUT2D eigenvalue weighted by atomic mass is 9.94. The van der Waals surface area contributed by atoms with Gasteiger partial charge in [-0.3, -0.25) is 4.79 Å². The molecule has 2 unspecified atom stereocenters. The van der Waals surface area contributed by atoms with Crippen LogP contribution in [0.2, 0.25) is 0 Å². The number of ether oxygens (including phenoxy) is 2. The number of sulfonamides is 1. The van der Waals surface area contributed by atoms with Gasteiger partial charge in [-0.05, 0) is 61.7 Å². The number of nitrogens with one attached hydrogen (secondary N) is 1. The number of rotatable bonds is 7. The molecule has 0 bridgehead atoms. The molecule has 0 aromatic heterocycles. The molecule has 1 heterocycles. The second kappa shape index (κ2) is 8.48. The SMILES string of the molecule is CC(Oc1ccc(S(=O)(=O)NC2(C(=O)O)CCCOC2)cc1)c1ccc(F)cc1. The van der Waals surface area contributed by atoms with Crippen molar-refractivity contribution in [2.45, 2.75) is 36.3 Å². The van der Waals surface area contributed by atoms with Crippen molar-refractivity contribution in [3.05, 3.63) is 59.9 Å². The van der Waals surface area contributed by atoms with Crippen LogP contribution in [0, 0.1) is 5.82 Å². The molecular weight excluding hydrogens is 401 g/mol. The molecule has 0 amide bonds. The van der Waals surface area contributed by atoms with E-state index in [4.69, 9.17) is 9.47 Å². The highest BCUT2D eigenvalue weighted by Crippen LogP contribution is 2.26. The van der Waals surface area contributed by atoms with Crippen molar-refractivity contribution in [1.29, 1.82) is 0 Å². The molecule has 0 aliphatic carbocycles. The third kappa shape index (κ3) is 4.92. The second-order valence-corrected chi connectivity index (χ2v) is 8.61. The van der Waals surface area contributed by atoms with Gasteiger partial charge < -0.3 is 14.6 Å². The van der Waals surface area contributed by atoms with E-state index in [2.05, 4.69) is 4.72 Å². The van der Waals surface area contributed by atoms with Crippen LogP contribution in [0.5, 0.6) is 5.75 Å². The summed E-state index contributed by atoms with van der Waals surface area (Å²) in [7, 11) is -4.07. The van der Waals surface area contributed by atoms with E-state index in [0.717, 1.165) is 5.56 Å². The van der Waals surface area contributed by atoms with E-state index in [1.807, 2.05) is 0 Å². The molecule has 29 heavy (non-hydrogen) atoms. The number of halogens is 1. The molecule has 7 nitrogen and oxygen atoms in total. The number of carbonyl (C=O) groups is 1. The van der Waals surface area contributed by atoms with Crippen molar-refractivity contribution < 1.29 is 32.2 Å². The van der Waals surface area contributed by atoms with Crippen LogP contribution in [0.25, 0.3) is 0 Å². The third-order valence-corrected chi connectivity index (χ3v) is 6.32. The molecule has 2 atom stereocenters. The fraction of sp³-hybridized carbons (Fsp3) is 0.350. The molecule has 3 rings (SSSR count). The summed E-state index contributed by atoms with van der Waals surface area (Å²) in [6.45, 7) is 1.96. The molecule has 156 valence electrons. The van der Waals surface area contributed by atoms with Crippen molar-refractivity contribution >= 4 is 16.0 Å². The Balaban J connectivity index is 1.73. The first kappa shape index (κ1) is 21.2. The van der Waals surface area contributed by atoms with Crippen molar-refractivity contribution in [3.63, 3.8) is 0 Å². The minimum atomic E-state index is -4.07. The normalized spacial score (nSPS) is 20.8. The van der Waals surface area contributed by atoms with Gasteiger partial charge in [-0.15, -0.1) is 0 Å². The minimum absolute atomic E-state index is 0.0783. The molecule has 9 heteroatoms. The zero-order chi connectivity index (χ0) is 21.1. The average Bonchev–Trinajstić information content (AvgIpc) is 2.69. The maximum Gasteiger partial charge on any atom is 0.327 e. The van der Waals surface area contributed by atoms with Gasteiger partial charge in [0, 0.05) is 6.61 Å². The maximum atomic E-state index is 13.0. The fourth-order valence-corrected chi connectivity index (χ4v) is 4.48. The summed E-state index contributed by atoms with van der Waals surface area (Å²) in [4.78, 5) is 11.6. The Morgan fingerprint density at radius 2 is 1.86 bits per heavy atom. The predicted molar refractivity (Wildman–Crippen MR) is 103 cm³/mol. The Labute approximate surface area is 168 Å². The lowest BCUT2D eigenvalue weighted by Crippen LogP contribution is -2.59. The van der Waals surface area contributed by atoms with Crippen LogP contribution in [0.1, 0.15) is 31.4 Å². The highest BCUT2D eigenvalue weighted by molar-refractivity contribution is 7.89. The number of benzene rings is 2. The molecule has 0 saturated carbocycles. The standard InChI is InChI=1S/C20H22FNO6S/c1-14(15-3-5-16(21)6-4-15)28-17-7-9-18(10-8-17)29(25,26)22-20(19(23)24)11-2-12-27-13-20/h3-10,14,22H,2,11-13H2,1H3,(H,23,24).